The molecule has 2 aromatic heterocycles. The number of amides is 1. The second kappa shape index (κ2) is 7.97. The fourth-order valence-corrected chi connectivity index (χ4v) is 4.54. The number of nitrogens with one attached hydrogen (secondary N) is 1. The summed E-state index contributed by atoms with van der Waals surface area (Å²) < 4.78 is 20.7. The molecule has 0 spiro atoms. The third-order valence-electron chi connectivity index (χ3n) is 6.22. The van der Waals surface area contributed by atoms with Gasteiger partial charge in [-0.3, -0.25) is 14.7 Å². The highest BCUT2D eigenvalue weighted by Crippen LogP contribution is 2.32. The first-order valence-corrected chi connectivity index (χ1v) is 10.5. The Morgan fingerprint density at radius 3 is 2.74 bits per heavy atom. The Kier molecular flexibility index (Phi) is 5.14. The van der Waals surface area contributed by atoms with Crippen LogP contribution in [0.5, 0.6) is 0 Å². The minimum atomic E-state index is -1.05. The summed E-state index contributed by atoms with van der Waals surface area (Å²) in [4.78, 5) is 23.8. The third kappa shape index (κ3) is 3.68. The van der Waals surface area contributed by atoms with Crippen LogP contribution < -0.4 is 20.9 Å². The standard InChI is InChI=1S/C20H27FN8O2/c1-26-9-13(21)10-29-20(26)17(18(22)25-29)19(30)24-15-8-23-3-2-16(15)28-6-4-27(5-7-28)14-11-31-12-14/h2-3,8,13-14H,4-7,9-12H2,1H3,(H2,22,25)(H,24,30). The monoisotopic (exact) mass is 430 g/mol. The van der Waals surface area contributed by atoms with Crippen LogP contribution >= 0.6 is 0 Å². The minimum Gasteiger partial charge on any atom is -0.381 e. The summed E-state index contributed by atoms with van der Waals surface area (Å²) in [7, 11) is 1.73. The van der Waals surface area contributed by atoms with Gasteiger partial charge in [0.15, 0.2) is 5.82 Å². The van der Waals surface area contributed by atoms with Gasteiger partial charge in [-0.25, -0.2) is 9.07 Å². The molecular weight excluding hydrogens is 403 g/mol. The zero-order chi connectivity index (χ0) is 21.5. The maximum atomic E-state index is 13.9. The van der Waals surface area contributed by atoms with Gasteiger partial charge in [0.1, 0.15) is 17.6 Å². The number of anilines is 4. The van der Waals surface area contributed by atoms with Crippen molar-refractivity contribution in [3.8, 4) is 0 Å². The van der Waals surface area contributed by atoms with E-state index < -0.39 is 6.17 Å². The quantitative estimate of drug-likeness (QED) is 0.719. The maximum absolute atomic E-state index is 13.9. The van der Waals surface area contributed by atoms with Crippen molar-refractivity contribution in [2.45, 2.75) is 18.8 Å². The van der Waals surface area contributed by atoms with Crippen molar-refractivity contribution in [2.75, 3.05) is 73.8 Å². The van der Waals surface area contributed by atoms with E-state index in [9.17, 15) is 9.18 Å². The lowest BCUT2D eigenvalue weighted by Crippen LogP contribution is -2.56. The minimum absolute atomic E-state index is 0.0889. The smallest absolute Gasteiger partial charge is 0.263 e. The number of ether oxygens (including phenoxy) is 1. The number of hydrogen-bond acceptors (Lipinski definition) is 8. The fraction of sp³-hybridized carbons (Fsp3) is 0.550. The van der Waals surface area contributed by atoms with Crippen LogP contribution in [0.25, 0.3) is 0 Å². The van der Waals surface area contributed by atoms with Gasteiger partial charge >= 0.3 is 0 Å². The van der Waals surface area contributed by atoms with Gasteiger partial charge in [0.2, 0.25) is 0 Å². The molecule has 31 heavy (non-hydrogen) atoms. The number of nitrogens with two attached hydrogens (primary N) is 1. The van der Waals surface area contributed by atoms with Crippen LogP contribution in [0.2, 0.25) is 0 Å². The van der Waals surface area contributed by atoms with E-state index in [1.807, 2.05) is 6.07 Å². The van der Waals surface area contributed by atoms with Crippen LogP contribution in [0.15, 0.2) is 18.5 Å². The van der Waals surface area contributed by atoms with E-state index in [1.54, 1.807) is 24.3 Å². The van der Waals surface area contributed by atoms with Crippen LogP contribution in [0.1, 0.15) is 10.4 Å². The summed E-state index contributed by atoms with van der Waals surface area (Å²) in [6.45, 7) is 5.51. The molecule has 0 radical (unpaired) electrons. The lowest BCUT2D eigenvalue weighted by atomic mass is 10.1. The Morgan fingerprint density at radius 1 is 1.26 bits per heavy atom. The number of rotatable bonds is 4. The zero-order valence-electron chi connectivity index (χ0n) is 17.5. The second-order valence-electron chi connectivity index (χ2n) is 8.31. The number of fused-ring (bicyclic) bond motifs is 1. The molecule has 10 nitrogen and oxygen atoms in total. The largest absolute Gasteiger partial charge is 0.381 e. The highest BCUT2D eigenvalue weighted by molar-refractivity contribution is 6.12. The summed E-state index contributed by atoms with van der Waals surface area (Å²) in [5.74, 6) is 0.253. The fourth-order valence-electron chi connectivity index (χ4n) is 4.54. The van der Waals surface area contributed by atoms with E-state index in [1.165, 1.54) is 4.68 Å². The molecule has 0 aliphatic carbocycles. The predicted octanol–water partition coefficient (Wildman–Crippen LogP) is 0.421. The Balaban J connectivity index is 1.34. The van der Waals surface area contributed by atoms with Gasteiger partial charge in [0.25, 0.3) is 5.91 Å². The molecule has 0 aromatic carbocycles. The highest BCUT2D eigenvalue weighted by Gasteiger charge is 2.32. The normalized spacial score (nSPS) is 22.2. The molecule has 5 heterocycles. The van der Waals surface area contributed by atoms with Crippen LogP contribution in [-0.2, 0) is 11.3 Å². The molecule has 2 saturated heterocycles. The van der Waals surface area contributed by atoms with Crippen molar-refractivity contribution in [2.24, 2.45) is 0 Å². The van der Waals surface area contributed by atoms with Gasteiger partial charge in [0.05, 0.1) is 49.9 Å². The van der Waals surface area contributed by atoms with E-state index in [0.29, 0.717) is 17.5 Å². The van der Waals surface area contributed by atoms with Gasteiger partial charge in [0, 0.05) is 39.4 Å². The van der Waals surface area contributed by atoms with Gasteiger partial charge in [-0.05, 0) is 6.07 Å². The highest BCUT2D eigenvalue weighted by atomic mass is 19.1. The Bertz CT molecular complexity index is 970. The number of hydrogen-bond donors (Lipinski definition) is 2. The molecule has 166 valence electrons. The van der Waals surface area contributed by atoms with E-state index >= 15 is 0 Å². The average molecular weight is 430 g/mol. The molecule has 5 rings (SSSR count). The average Bonchev–Trinajstić information content (AvgIpc) is 3.04. The van der Waals surface area contributed by atoms with Gasteiger partial charge in [-0.1, -0.05) is 0 Å². The molecule has 0 saturated carbocycles. The molecule has 2 fully saturated rings. The summed E-state index contributed by atoms with van der Waals surface area (Å²) in [5, 5.41) is 7.13. The topological polar surface area (TPSA) is 105 Å². The van der Waals surface area contributed by atoms with Gasteiger partial charge < -0.3 is 25.6 Å². The van der Waals surface area contributed by atoms with Crippen LogP contribution in [0.4, 0.5) is 27.4 Å². The first kappa shape index (κ1) is 20.0. The third-order valence-corrected chi connectivity index (χ3v) is 6.22. The van der Waals surface area contributed by atoms with Crippen molar-refractivity contribution in [1.82, 2.24) is 19.7 Å². The van der Waals surface area contributed by atoms with E-state index in [-0.39, 0.29) is 30.4 Å². The molecule has 11 heteroatoms. The number of carbonyl (C=O) groups is 1. The first-order chi connectivity index (χ1) is 15.0. The first-order valence-electron chi connectivity index (χ1n) is 10.5. The van der Waals surface area contributed by atoms with E-state index in [2.05, 4.69) is 25.2 Å². The summed E-state index contributed by atoms with van der Waals surface area (Å²) in [6, 6.07) is 2.44. The Labute approximate surface area is 179 Å². The number of aromatic nitrogens is 3. The Hall–Kier alpha value is -2.92. The van der Waals surface area contributed by atoms with Gasteiger partial charge in [-0.2, -0.15) is 5.10 Å². The maximum Gasteiger partial charge on any atom is 0.263 e. The molecule has 0 bridgehead atoms. The number of pyridine rings is 1. The van der Waals surface area contributed by atoms with Crippen molar-refractivity contribution in [1.29, 1.82) is 0 Å². The zero-order valence-corrected chi connectivity index (χ0v) is 17.5. The summed E-state index contributed by atoms with van der Waals surface area (Å²) in [5.41, 5.74) is 7.85. The lowest BCUT2D eigenvalue weighted by Gasteiger charge is -2.43. The molecule has 2 aromatic rings. The van der Waals surface area contributed by atoms with Gasteiger partial charge in [-0.15, -0.1) is 0 Å². The van der Waals surface area contributed by atoms with Crippen molar-refractivity contribution in [3.63, 3.8) is 0 Å². The van der Waals surface area contributed by atoms with E-state index in [0.717, 1.165) is 45.1 Å². The molecule has 1 atom stereocenters. The number of alkyl halides is 1. The molecular formula is C20H27FN8O2. The molecule has 1 unspecified atom stereocenters. The van der Waals surface area contributed by atoms with Crippen molar-refractivity contribution < 1.29 is 13.9 Å². The van der Waals surface area contributed by atoms with Crippen LogP contribution in [0.3, 0.4) is 0 Å². The summed E-state index contributed by atoms with van der Waals surface area (Å²) >= 11 is 0. The predicted molar refractivity (Wildman–Crippen MR) is 115 cm³/mol. The lowest BCUT2D eigenvalue weighted by molar-refractivity contribution is -0.0660. The number of nitrogens with zero attached hydrogens (tertiary/aromatic N) is 6. The molecule has 3 aliphatic rings. The van der Waals surface area contributed by atoms with Crippen molar-refractivity contribution in [3.05, 3.63) is 24.0 Å². The second-order valence-corrected chi connectivity index (χ2v) is 8.31. The number of nitrogen functional groups attached to an aromatic ring is 1. The number of carbonyl (C=O) groups excluding carboxylic acids is 1. The molecule has 3 N–H and O–H groups in total. The van der Waals surface area contributed by atoms with Crippen LogP contribution in [0, 0.1) is 0 Å². The molecule has 3 aliphatic heterocycles. The SMILES string of the molecule is CN1CC(F)Cn2nc(N)c(C(=O)Nc3cnccc3N3CCN(C4COC4)CC3)c21. The number of halogens is 1. The van der Waals surface area contributed by atoms with Crippen molar-refractivity contribution >= 4 is 28.9 Å². The van der Waals surface area contributed by atoms with E-state index in [4.69, 9.17) is 10.5 Å². The number of piperazine rings is 1. The molecule has 1 amide bonds. The van der Waals surface area contributed by atoms with Crippen LogP contribution in [-0.4, -0.2) is 90.8 Å². The Morgan fingerprint density at radius 2 is 2.03 bits per heavy atom. The summed E-state index contributed by atoms with van der Waals surface area (Å²) in [6.07, 6.45) is 2.32.